The topological polar surface area (TPSA) is 50.9 Å². The van der Waals surface area contributed by atoms with Crippen molar-refractivity contribution in [1.29, 1.82) is 0 Å². The molecule has 94 valence electrons. The molecule has 1 aromatic heterocycles. The molecule has 3 N–H and O–H groups in total. The molecular weight excluding hydrogens is 349 g/mol. The van der Waals surface area contributed by atoms with Crippen molar-refractivity contribution in [3.8, 4) is 0 Å². The summed E-state index contributed by atoms with van der Waals surface area (Å²) in [6.45, 7) is 0. The van der Waals surface area contributed by atoms with Gasteiger partial charge >= 0.3 is 0 Å². The molecule has 3 rings (SSSR count). The van der Waals surface area contributed by atoms with Crippen LogP contribution in [0.3, 0.4) is 0 Å². The minimum Gasteiger partial charge on any atom is -0.398 e. The summed E-state index contributed by atoms with van der Waals surface area (Å²) in [4.78, 5) is 4.13. The normalized spacial score (nSPS) is 10.6. The average molecular weight is 361 g/mol. The number of halogens is 1. The van der Waals surface area contributed by atoms with Gasteiger partial charge in [0.1, 0.15) is 0 Å². The predicted octanol–water partition coefficient (Wildman–Crippen LogP) is 4.17. The van der Waals surface area contributed by atoms with E-state index in [2.05, 4.69) is 45.0 Å². The second kappa shape index (κ2) is 5.05. The smallest absolute Gasteiger partial charge is 0.0466 e. The first-order valence-corrected chi connectivity index (χ1v) is 6.97. The molecule has 3 nitrogen and oxygen atoms in total. The summed E-state index contributed by atoms with van der Waals surface area (Å²) in [5.74, 6) is 0. The Morgan fingerprint density at radius 2 is 1.95 bits per heavy atom. The average Bonchev–Trinajstić information content (AvgIpc) is 2.42. The van der Waals surface area contributed by atoms with Crippen LogP contribution in [0.25, 0.3) is 10.8 Å². The third kappa shape index (κ3) is 2.49. The molecule has 0 fully saturated rings. The zero-order valence-corrected chi connectivity index (χ0v) is 12.3. The minimum atomic E-state index is 0.747. The van der Waals surface area contributed by atoms with E-state index in [0.717, 1.165) is 27.8 Å². The Morgan fingerprint density at radius 3 is 2.79 bits per heavy atom. The monoisotopic (exact) mass is 361 g/mol. The fourth-order valence-corrected chi connectivity index (χ4v) is 2.59. The van der Waals surface area contributed by atoms with Crippen LogP contribution in [0.2, 0.25) is 0 Å². The van der Waals surface area contributed by atoms with Crippen molar-refractivity contribution in [3.05, 3.63) is 58.4 Å². The van der Waals surface area contributed by atoms with Crippen LogP contribution in [0, 0.1) is 3.57 Å². The number of nitrogen functional groups attached to an aromatic ring is 1. The van der Waals surface area contributed by atoms with Crippen molar-refractivity contribution in [1.82, 2.24) is 4.98 Å². The number of nitrogens with one attached hydrogen (secondary N) is 1. The first-order chi connectivity index (χ1) is 9.24. The summed E-state index contributed by atoms with van der Waals surface area (Å²) in [6, 6.07) is 14.1. The van der Waals surface area contributed by atoms with Gasteiger partial charge in [-0.2, -0.15) is 0 Å². The van der Waals surface area contributed by atoms with Crippen LogP contribution < -0.4 is 11.1 Å². The number of hydrogen-bond acceptors (Lipinski definition) is 3. The van der Waals surface area contributed by atoms with E-state index in [-0.39, 0.29) is 0 Å². The zero-order valence-electron chi connectivity index (χ0n) is 10.1. The van der Waals surface area contributed by atoms with Gasteiger partial charge in [0.2, 0.25) is 0 Å². The van der Waals surface area contributed by atoms with Crippen molar-refractivity contribution >= 4 is 50.4 Å². The van der Waals surface area contributed by atoms with E-state index in [4.69, 9.17) is 5.73 Å². The van der Waals surface area contributed by atoms with Gasteiger partial charge in [-0.05, 0) is 59.0 Å². The van der Waals surface area contributed by atoms with Gasteiger partial charge in [0.05, 0.1) is 0 Å². The number of aromatic nitrogens is 1. The first-order valence-electron chi connectivity index (χ1n) is 5.89. The van der Waals surface area contributed by atoms with Crippen LogP contribution in [-0.2, 0) is 0 Å². The molecule has 0 amide bonds. The largest absolute Gasteiger partial charge is 0.398 e. The quantitative estimate of drug-likeness (QED) is 0.532. The summed E-state index contributed by atoms with van der Waals surface area (Å²) in [5, 5.41) is 5.47. The molecule has 0 saturated carbocycles. The number of anilines is 3. The highest BCUT2D eigenvalue weighted by Crippen LogP contribution is 2.29. The maximum atomic E-state index is 5.97. The molecule has 2 aromatic carbocycles. The SMILES string of the molecule is Nc1ccc(Nc2cccc(I)c2)c2ccncc12. The zero-order chi connectivity index (χ0) is 13.2. The van der Waals surface area contributed by atoms with Gasteiger partial charge in [-0.1, -0.05) is 6.07 Å². The lowest BCUT2D eigenvalue weighted by molar-refractivity contribution is 1.36. The van der Waals surface area contributed by atoms with Crippen LogP contribution in [-0.4, -0.2) is 4.98 Å². The number of fused-ring (bicyclic) bond motifs is 1. The molecule has 1 heterocycles. The van der Waals surface area contributed by atoms with Gasteiger partial charge in [-0.25, -0.2) is 0 Å². The highest BCUT2D eigenvalue weighted by Gasteiger charge is 2.04. The van der Waals surface area contributed by atoms with E-state index in [1.807, 2.05) is 30.3 Å². The van der Waals surface area contributed by atoms with Crippen molar-refractivity contribution in [2.45, 2.75) is 0 Å². The molecule has 0 aliphatic rings. The summed E-state index contributed by atoms with van der Waals surface area (Å²) in [6.07, 6.45) is 3.58. The lowest BCUT2D eigenvalue weighted by Crippen LogP contribution is -1.94. The van der Waals surface area contributed by atoms with E-state index in [0.29, 0.717) is 0 Å². The summed E-state index contributed by atoms with van der Waals surface area (Å²) in [7, 11) is 0. The van der Waals surface area contributed by atoms with Crippen molar-refractivity contribution < 1.29 is 0 Å². The Labute approximate surface area is 125 Å². The summed E-state index contributed by atoms with van der Waals surface area (Å²) in [5.41, 5.74) is 8.82. The van der Waals surface area contributed by atoms with Crippen molar-refractivity contribution in [2.75, 3.05) is 11.1 Å². The van der Waals surface area contributed by atoms with E-state index >= 15 is 0 Å². The lowest BCUT2D eigenvalue weighted by atomic mass is 10.1. The van der Waals surface area contributed by atoms with Crippen LogP contribution in [0.1, 0.15) is 0 Å². The Morgan fingerprint density at radius 1 is 1.05 bits per heavy atom. The fraction of sp³-hybridized carbons (Fsp3) is 0. The van der Waals surface area contributed by atoms with E-state index in [1.54, 1.807) is 12.4 Å². The molecule has 4 heteroatoms. The molecule has 0 radical (unpaired) electrons. The Bertz CT molecular complexity index is 740. The van der Waals surface area contributed by atoms with Crippen LogP contribution >= 0.6 is 22.6 Å². The van der Waals surface area contributed by atoms with Gasteiger partial charge in [0.15, 0.2) is 0 Å². The molecule has 0 aliphatic heterocycles. The number of rotatable bonds is 2. The third-order valence-electron chi connectivity index (χ3n) is 2.96. The van der Waals surface area contributed by atoms with E-state index in [1.165, 1.54) is 3.57 Å². The lowest BCUT2D eigenvalue weighted by Gasteiger charge is -2.11. The van der Waals surface area contributed by atoms with Gasteiger partial charge in [0, 0.05) is 43.8 Å². The van der Waals surface area contributed by atoms with E-state index < -0.39 is 0 Å². The second-order valence-electron chi connectivity index (χ2n) is 4.26. The fourth-order valence-electron chi connectivity index (χ4n) is 2.04. The van der Waals surface area contributed by atoms with Crippen molar-refractivity contribution in [2.24, 2.45) is 0 Å². The maximum Gasteiger partial charge on any atom is 0.0466 e. The number of nitrogens with two attached hydrogens (primary N) is 1. The molecule has 0 atom stereocenters. The minimum absolute atomic E-state index is 0.747. The van der Waals surface area contributed by atoms with Crippen LogP contribution in [0.5, 0.6) is 0 Å². The Kier molecular flexibility index (Phi) is 3.25. The number of benzene rings is 2. The first kappa shape index (κ1) is 12.2. The molecule has 0 aliphatic carbocycles. The van der Waals surface area contributed by atoms with Gasteiger partial charge in [-0.15, -0.1) is 0 Å². The highest BCUT2D eigenvalue weighted by atomic mass is 127. The maximum absolute atomic E-state index is 5.97. The van der Waals surface area contributed by atoms with Gasteiger partial charge in [0.25, 0.3) is 0 Å². The van der Waals surface area contributed by atoms with Crippen LogP contribution in [0.4, 0.5) is 17.1 Å². The summed E-state index contributed by atoms with van der Waals surface area (Å²) < 4.78 is 1.20. The van der Waals surface area contributed by atoms with Gasteiger partial charge < -0.3 is 11.1 Å². The summed E-state index contributed by atoms with van der Waals surface area (Å²) >= 11 is 2.30. The molecule has 0 saturated heterocycles. The Hall–Kier alpha value is -1.82. The van der Waals surface area contributed by atoms with Crippen molar-refractivity contribution in [3.63, 3.8) is 0 Å². The third-order valence-corrected chi connectivity index (χ3v) is 3.63. The Balaban J connectivity index is 2.09. The number of hydrogen-bond donors (Lipinski definition) is 2. The second-order valence-corrected chi connectivity index (χ2v) is 5.50. The molecule has 0 unspecified atom stereocenters. The molecule has 0 spiro atoms. The molecular formula is C15H12IN3. The standard InChI is InChI=1S/C15H12IN3/c16-10-2-1-3-11(8-10)19-15-5-4-14(17)13-9-18-7-6-12(13)15/h1-9,19H,17H2. The van der Waals surface area contributed by atoms with E-state index in [9.17, 15) is 0 Å². The molecule has 3 aromatic rings. The molecule has 0 bridgehead atoms. The molecule has 19 heavy (non-hydrogen) atoms. The van der Waals surface area contributed by atoms with Crippen LogP contribution in [0.15, 0.2) is 54.9 Å². The van der Waals surface area contributed by atoms with Gasteiger partial charge in [-0.3, -0.25) is 4.98 Å². The highest BCUT2D eigenvalue weighted by molar-refractivity contribution is 14.1. The number of pyridine rings is 1. The number of nitrogens with zero attached hydrogens (tertiary/aromatic N) is 1. The predicted molar refractivity (Wildman–Crippen MR) is 88.6 cm³/mol.